The van der Waals surface area contributed by atoms with E-state index in [-0.39, 0.29) is 23.8 Å². The van der Waals surface area contributed by atoms with Crippen LogP contribution in [-0.4, -0.2) is 25.6 Å². The summed E-state index contributed by atoms with van der Waals surface area (Å²) >= 11 is 0. The molecule has 1 fully saturated rings. The number of rotatable bonds is 2. The van der Waals surface area contributed by atoms with Gasteiger partial charge in [-0.1, -0.05) is 13.8 Å². The number of anilines is 1. The van der Waals surface area contributed by atoms with Gasteiger partial charge < -0.3 is 10.5 Å². The topological polar surface area (TPSA) is 98.8 Å². The summed E-state index contributed by atoms with van der Waals surface area (Å²) in [6.07, 6.45) is 3.57. The van der Waals surface area contributed by atoms with Crippen molar-refractivity contribution in [1.29, 1.82) is 0 Å². The Morgan fingerprint density at radius 2 is 2.42 bits per heavy atom. The molecule has 1 saturated heterocycles. The van der Waals surface area contributed by atoms with Gasteiger partial charge >= 0.3 is 0 Å². The van der Waals surface area contributed by atoms with Crippen LogP contribution in [0.25, 0.3) is 11.2 Å². The van der Waals surface area contributed by atoms with Crippen molar-refractivity contribution in [3.05, 3.63) is 16.7 Å². The molecule has 0 spiro atoms. The van der Waals surface area contributed by atoms with Crippen LogP contribution in [0.2, 0.25) is 0 Å². The van der Waals surface area contributed by atoms with Gasteiger partial charge in [-0.25, -0.2) is 4.98 Å². The molecule has 3 heterocycles. The Bertz CT molecular complexity index is 662. The van der Waals surface area contributed by atoms with E-state index in [0.717, 1.165) is 12.8 Å². The molecule has 2 aromatic heterocycles. The van der Waals surface area contributed by atoms with E-state index in [1.807, 2.05) is 0 Å². The summed E-state index contributed by atoms with van der Waals surface area (Å²) < 4.78 is 7.78. The number of aromatic nitrogens is 4. The fourth-order valence-electron chi connectivity index (χ4n) is 2.69. The number of nitrogens with one attached hydrogen (secondary N) is 1. The van der Waals surface area contributed by atoms with Crippen molar-refractivity contribution in [1.82, 2.24) is 19.5 Å². The molecule has 7 heteroatoms. The average Bonchev–Trinajstić information content (AvgIpc) is 2.92. The molecule has 0 bridgehead atoms. The molecule has 19 heavy (non-hydrogen) atoms. The minimum atomic E-state index is -0.320. The van der Waals surface area contributed by atoms with Crippen molar-refractivity contribution >= 4 is 17.1 Å². The highest BCUT2D eigenvalue weighted by molar-refractivity contribution is 5.70. The summed E-state index contributed by atoms with van der Waals surface area (Å²) in [5.74, 6) is 0.573. The van der Waals surface area contributed by atoms with Crippen LogP contribution in [-0.2, 0) is 4.74 Å². The first-order valence-electron chi connectivity index (χ1n) is 6.48. The molecular weight excluding hydrogens is 246 g/mol. The van der Waals surface area contributed by atoms with Gasteiger partial charge in [-0.05, 0) is 18.8 Å². The summed E-state index contributed by atoms with van der Waals surface area (Å²) in [5.41, 5.74) is 6.04. The van der Waals surface area contributed by atoms with Crippen LogP contribution in [0.15, 0.2) is 11.1 Å². The molecule has 3 rings (SSSR count). The van der Waals surface area contributed by atoms with Crippen LogP contribution in [0.5, 0.6) is 0 Å². The van der Waals surface area contributed by atoms with Gasteiger partial charge in [-0.2, -0.15) is 4.98 Å². The number of hydrogen-bond donors (Lipinski definition) is 2. The van der Waals surface area contributed by atoms with Gasteiger partial charge in [0, 0.05) is 0 Å². The number of nitrogen functional groups attached to an aromatic ring is 1. The number of nitrogens with zero attached hydrogens (tertiary/aromatic N) is 3. The molecule has 0 radical (unpaired) electrons. The predicted octanol–water partition coefficient (Wildman–Crippen LogP) is 1.04. The number of fused-ring (bicyclic) bond motifs is 1. The molecule has 1 aliphatic heterocycles. The van der Waals surface area contributed by atoms with Crippen LogP contribution in [0.1, 0.15) is 32.9 Å². The maximum atomic E-state index is 11.7. The van der Waals surface area contributed by atoms with E-state index in [0.29, 0.717) is 17.1 Å². The number of ether oxygens (including phenoxy) is 1. The minimum Gasteiger partial charge on any atom is -0.369 e. The van der Waals surface area contributed by atoms with Crippen molar-refractivity contribution in [3.63, 3.8) is 0 Å². The SMILES string of the molecule is CC[C@H]1O[C@@H](n2cnc3c(=O)[nH]c(N)nc32)C[C@H]1C. The van der Waals surface area contributed by atoms with Gasteiger partial charge in [-0.3, -0.25) is 14.3 Å². The first-order valence-corrected chi connectivity index (χ1v) is 6.48. The lowest BCUT2D eigenvalue weighted by molar-refractivity contribution is -0.00303. The lowest BCUT2D eigenvalue weighted by Gasteiger charge is -2.14. The molecule has 3 atom stereocenters. The van der Waals surface area contributed by atoms with E-state index >= 15 is 0 Å². The molecular formula is C12H17N5O2. The molecule has 7 nitrogen and oxygen atoms in total. The Balaban J connectivity index is 2.05. The number of aromatic amines is 1. The van der Waals surface area contributed by atoms with Gasteiger partial charge in [0.1, 0.15) is 6.23 Å². The lowest BCUT2D eigenvalue weighted by atomic mass is 10.0. The minimum absolute atomic E-state index is 0.0948. The van der Waals surface area contributed by atoms with Gasteiger partial charge in [0.15, 0.2) is 11.2 Å². The zero-order valence-corrected chi connectivity index (χ0v) is 11.0. The highest BCUT2D eigenvalue weighted by Crippen LogP contribution is 2.35. The molecule has 3 N–H and O–H groups in total. The Labute approximate surface area is 109 Å². The van der Waals surface area contributed by atoms with E-state index in [2.05, 4.69) is 28.8 Å². The zero-order valence-electron chi connectivity index (χ0n) is 11.0. The fourth-order valence-corrected chi connectivity index (χ4v) is 2.69. The predicted molar refractivity (Wildman–Crippen MR) is 70.5 cm³/mol. The quantitative estimate of drug-likeness (QED) is 0.843. The van der Waals surface area contributed by atoms with Crippen molar-refractivity contribution < 1.29 is 4.74 Å². The maximum absolute atomic E-state index is 11.7. The molecule has 2 aromatic rings. The lowest BCUT2D eigenvalue weighted by Crippen LogP contribution is -2.15. The second kappa shape index (κ2) is 4.34. The first-order chi connectivity index (χ1) is 9.10. The third-order valence-electron chi connectivity index (χ3n) is 3.70. The summed E-state index contributed by atoms with van der Waals surface area (Å²) in [7, 11) is 0. The molecule has 0 aliphatic carbocycles. The summed E-state index contributed by atoms with van der Waals surface area (Å²) in [4.78, 5) is 22.4. The molecule has 0 unspecified atom stereocenters. The molecule has 0 aromatic carbocycles. The Morgan fingerprint density at radius 3 is 3.11 bits per heavy atom. The van der Waals surface area contributed by atoms with E-state index in [9.17, 15) is 4.79 Å². The number of hydrogen-bond acceptors (Lipinski definition) is 5. The van der Waals surface area contributed by atoms with Crippen molar-refractivity contribution in [2.75, 3.05) is 5.73 Å². The second-order valence-corrected chi connectivity index (χ2v) is 5.03. The Hall–Kier alpha value is -1.89. The fraction of sp³-hybridized carbons (Fsp3) is 0.583. The van der Waals surface area contributed by atoms with Crippen LogP contribution in [0.3, 0.4) is 0 Å². The summed E-state index contributed by atoms with van der Waals surface area (Å²) in [6.45, 7) is 4.28. The standard InChI is InChI=1S/C12H17N5O2/c1-3-7-6(2)4-8(19-7)17-5-14-9-10(17)15-12(13)16-11(9)18/h5-8H,3-4H2,1-2H3,(H3,13,15,16,18)/t6-,7-,8-/m1/s1. The third-order valence-corrected chi connectivity index (χ3v) is 3.70. The van der Waals surface area contributed by atoms with E-state index in [1.165, 1.54) is 0 Å². The van der Waals surface area contributed by atoms with Crippen LogP contribution < -0.4 is 11.3 Å². The first kappa shape index (κ1) is 12.2. The van der Waals surface area contributed by atoms with Gasteiger partial charge in [-0.15, -0.1) is 0 Å². The molecule has 0 saturated carbocycles. The van der Waals surface area contributed by atoms with Crippen LogP contribution in [0.4, 0.5) is 5.95 Å². The van der Waals surface area contributed by atoms with Crippen molar-refractivity contribution in [2.24, 2.45) is 5.92 Å². The third kappa shape index (κ3) is 1.90. The van der Waals surface area contributed by atoms with Gasteiger partial charge in [0.05, 0.1) is 12.4 Å². The maximum Gasteiger partial charge on any atom is 0.280 e. The van der Waals surface area contributed by atoms with Gasteiger partial charge in [0.25, 0.3) is 5.56 Å². The highest BCUT2D eigenvalue weighted by atomic mass is 16.5. The number of H-pyrrole nitrogens is 1. The number of imidazole rings is 1. The van der Waals surface area contributed by atoms with E-state index in [1.54, 1.807) is 10.9 Å². The highest BCUT2D eigenvalue weighted by Gasteiger charge is 2.33. The average molecular weight is 263 g/mol. The van der Waals surface area contributed by atoms with Crippen LogP contribution >= 0.6 is 0 Å². The second-order valence-electron chi connectivity index (χ2n) is 5.03. The van der Waals surface area contributed by atoms with Crippen molar-refractivity contribution in [3.8, 4) is 0 Å². The molecule has 1 aliphatic rings. The van der Waals surface area contributed by atoms with Crippen LogP contribution in [0, 0.1) is 5.92 Å². The van der Waals surface area contributed by atoms with Gasteiger partial charge in [0.2, 0.25) is 5.95 Å². The molecule has 0 amide bonds. The van der Waals surface area contributed by atoms with E-state index < -0.39 is 0 Å². The Morgan fingerprint density at radius 1 is 1.63 bits per heavy atom. The Kier molecular flexibility index (Phi) is 2.78. The number of nitrogens with two attached hydrogens (primary N) is 1. The zero-order chi connectivity index (χ0) is 13.6. The van der Waals surface area contributed by atoms with Crippen molar-refractivity contribution in [2.45, 2.75) is 39.0 Å². The molecule has 102 valence electrons. The normalized spacial score (nSPS) is 27.2. The monoisotopic (exact) mass is 263 g/mol. The summed E-state index contributed by atoms with van der Waals surface area (Å²) in [5, 5.41) is 0. The smallest absolute Gasteiger partial charge is 0.280 e. The van der Waals surface area contributed by atoms with E-state index in [4.69, 9.17) is 10.5 Å². The summed E-state index contributed by atoms with van der Waals surface area (Å²) in [6, 6.07) is 0. The largest absolute Gasteiger partial charge is 0.369 e.